The van der Waals surface area contributed by atoms with Gasteiger partial charge in [0, 0.05) is 21.8 Å². The number of carbonyl (C=O) groups excluding carboxylic acids is 1. The van der Waals surface area contributed by atoms with Crippen LogP contribution in [0.1, 0.15) is 15.9 Å². The highest BCUT2D eigenvalue weighted by Crippen LogP contribution is 2.28. The molecule has 0 N–H and O–H groups in total. The lowest BCUT2D eigenvalue weighted by Gasteiger charge is -2.09. The average Bonchev–Trinajstić information content (AvgIpc) is 3.02. The molecule has 0 aliphatic rings. The minimum Gasteiger partial charge on any atom is -0.460 e. The first-order valence-corrected chi connectivity index (χ1v) is 8.63. The van der Waals surface area contributed by atoms with Gasteiger partial charge in [0.15, 0.2) is 0 Å². The van der Waals surface area contributed by atoms with Crippen molar-refractivity contribution in [3.63, 3.8) is 0 Å². The quantitative estimate of drug-likeness (QED) is 0.462. The van der Waals surface area contributed by atoms with Gasteiger partial charge in [-0.3, -0.25) is 0 Å². The molecule has 3 aromatic carbocycles. The Kier molecular flexibility index (Phi) is 4.28. The standard InChI is InChI=1S/C23H19NO2/c1-2-17-11-13-18(14-12-17)23(25)26-16-15-24-21-9-5-3-7-19(21)20-8-4-6-10-22(20)24/h2-14H,1,15-16H2. The molecule has 3 nitrogen and oxygen atoms in total. The van der Waals surface area contributed by atoms with Gasteiger partial charge in [-0.2, -0.15) is 0 Å². The maximum absolute atomic E-state index is 12.2. The number of carbonyl (C=O) groups is 1. The van der Waals surface area contributed by atoms with Crippen LogP contribution >= 0.6 is 0 Å². The fraction of sp³-hybridized carbons (Fsp3) is 0.0870. The van der Waals surface area contributed by atoms with E-state index in [2.05, 4.69) is 35.4 Å². The predicted octanol–water partition coefficient (Wildman–Crippen LogP) is 5.29. The molecule has 0 amide bonds. The van der Waals surface area contributed by atoms with Crippen molar-refractivity contribution in [2.24, 2.45) is 0 Å². The van der Waals surface area contributed by atoms with Gasteiger partial charge in [-0.1, -0.05) is 61.2 Å². The first-order valence-electron chi connectivity index (χ1n) is 8.63. The lowest BCUT2D eigenvalue weighted by atomic mass is 10.1. The molecule has 0 spiro atoms. The summed E-state index contributed by atoms with van der Waals surface area (Å²) in [6.07, 6.45) is 1.75. The molecule has 0 unspecified atom stereocenters. The summed E-state index contributed by atoms with van der Waals surface area (Å²) >= 11 is 0. The summed E-state index contributed by atoms with van der Waals surface area (Å²) in [6, 6.07) is 23.9. The average molecular weight is 341 g/mol. The van der Waals surface area contributed by atoms with Gasteiger partial charge in [0.2, 0.25) is 0 Å². The summed E-state index contributed by atoms with van der Waals surface area (Å²) in [7, 11) is 0. The van der Waals surface area contributed by atoms with Crippen molar-refractivity contribution in [1.29, 1.82) is 0 Å². The number of hydrogen-bond acceptors (Lipinski definition) is 2. The van der Waals surface area contributed by atoms with Gasteiger partial charge in [0.05, 0.1) is 12.1 Å². The van der Waals surface area contributed by atoms with Crippen molar-refractivity contribution < 1.29 is 9.53 Å². The van der Waals surface area contributed by atoms with Crippen molar-refractivity contribution in [3.8, 4) is 0 Å². The number of rotatable bonds is 5. The second-order valence-electron chi connectivity index (χ2n) is 6.15. The molecule has 0 bridgehead atoms. The number of benzene rings is 3. The van der Waals surface area contributed by atoms with Crippen LogP contribution in [-0.4, -0.2) is 17.1 Å². The van der Waals surface area contributed by atoms with Crippen LogP contribution in [0.5, 0.6) is 0 Å². The Morgan fingerprint density at radius 3 is 2.04 bits per heavy atom. The molecule has 0 saturated carbocycles. The highest BCUT2D eigenvalue weighted by Gasteiger charge is 2.11. The number of aromatic nitrogens is 1. The van der Waals surface area contributed by atoms with Crippen LogP contribution in [0.3, 0.4) is 0 Å². The number of esters is 1. The third-order valence-electron chi connectivity index (χ3n) is 4.61. The molecule has 0 radical (unpaired) electrons. The molecule has 4 aromatic rings. The third kappa shape index (κ3) is 2.88. The lowest BCUT2D eigenvalue weighted by molar-refractivity contribution is 0.0493. The predicted molar refractivity (Wildman–Crippen MR) is 106 cm³/mol. The molecule has 1 heterocycles. The molecule has 0 aliphatic heterocycles. The van der Waals surface area contributed by atoms with Gasteiger partial charge in [0.1, 0.15) is 6.61 Å². The Balaban J connectivity index is 1.54. The third-order valence-corrected chi connectivity index (χ3v) is 4.61. The van der Waals surface area contributed by atoms with E-state index < -0.39 is 0 Å². The molecule has 128 valence electrons. The summed E-state index contributed by atoms with van der Waals surface area (Å²) in [5, 5.41) is 2.43. The normalized spacial score (nSPS) is 10.9. The Bertz CT molecular complexity index is 1040. The van der Waals surface area contributed by atoms with Gasteiger partial charge < -0.3 is 9.30 Å². The van der Waals surface area contributed by atoms with Crippen molar-refractivity contribution in [1.82, 2.24) is 4.57 Å². The molecule has 1 aromatic heterocycles. The minimum atomic E-state index is -0.304. The summed E-state index contributed by atoms with van der Waals surface area (Å²) in [6.45, 7) is 4.65. The molecule has 0 aliphatic carbocycles. The number of hydrogen-bond donors (Lipinski definition) is 0. The Hall–Kier alpha value is -3.33. The van der Waals surface area contributed by atoms with E-state index in [0.717, 1.165) is 16.6 Å². The van der Waals surface area contributed by atoms with Crippen LogP contribution in [0.2, 0.25) is 0 Å². The Morgan fingerprint density at radius 1 is 0.885 bits per heavy atom. The first kappa shape index (κ1) is 16.2. The highest BCUT2D eigenvalue weighted by molar-refractivity contribution is 6.07. The molecular formula is C23H19NO2. The van der Waals surface area contributed by atoms with E-state index in [1.807, 2.05) is 36.4 Å². The van der Waals surface area contributed by atoms with Crippen LogP contribution in [0.15, 0.2) is 79.4 Å². The topological polar surface area (TPSA) is 31.2 Å². The maximum atomic E-state index is 12.2. The van der Waals surface area contributed by atoms with Crippen LogP contribution in [-0.2, 0) is 11.3 Å². The summed E-state index contributed by atoms with van der Waals surface area (Å²) < 4.78 is 7.69. The second kappa shape index (κ2) is 6.89. The van der Waals surface area contributed by atoms with Gasteiger partial charge in [-0.25, -0.2) is 4.79 Å². The van der Waals surface area contributed by atoms with Gasteiger partial charge >= 0.3 is 5.97 Å². The molecule has 3 heteroatoms. The van der Waals surface area contributed by atoms with Gasteiger partial charge in [-0.15, -0.1) is 0 Å². The van der Waals surface area contributed by atoms with Crippen molar-refractivity contribution >= 4 is 33.9 Å². The fourth-order valence-electron chi connectivity index (χ4n) is 3.31. The number of ether oxygens (including phenoxy) is 1. The zero-order valence-corrected chi connectivity index (χ0v) is 14.4. The number of para-hydroxylation sites is 2. The van der Waals surface area contributed by atoms with Crippen LogP contribution in [0.25, 0.3) is 27.9 Å². The van der Waals surface area contributed by atoms with Crippen molar-refractivity contribution in [2.45, 2.75) is 6.54 Å². The highest BCUT2D eigenvalue weighted by atomic mass is 16.5. The van der Waals surface area contributed by atoms with Crippen LogP contribution in [0.4, 0.5) is 0 Å². The summed E-state index contributed by atoms with van der Waals surface area (Å²) in [5.74, 6) is -0.304. The van der Waals surface area contributed by atoms with Gasteiger partial charge in [-0.05, 0) is 29.8 Å². The minimum absolute atomic E-state index is 0.304. The summed E-state index contributed by atoms with van der Waals surface area (Å²) in [4.78, 5) is 12.2. The second-order valence-corrected chi connectivity index (χ2v) is 6.15. The molecule has 26 heavy (non-hydrogen) atoms. The molecule has 4 rings (SSSR count). The van der Waals surface area contributed by atoms with E-state index in [9.17, 15) is 4.79 Å². The van der Waals surface area contributed by atoms with E-state index in [4.69, 9.17) is 4.74 Å². The van der Waals surface area contributed by atoms with E-state index in [-0.39, 0.29) is 5.97 Å². The number of nitrogens with zero attached hydrogens (tertiary/aromatic N) is 1. The Labute approximate surface area is 152 Å². The number of fused-ring (bicyclic) bond motifs is 3. The van der Waals surface area contributed by atoms with Crippen LogP contribution < -0.4 is 0 Å². The summed E-state index contributed by atoms with van der Waals surface area (Å²) in [5.41, 5.74) is 3.84. The maximum Gasteiger partial charge on any atom is 0.338 e. The molecule has 0 atom stereocenters. The SMILES string of the molecule is C=Cc1ccc(C(=O)OCCn2c3ccccc3c3ccccc32)cc1. The monoisotopic (exact) mass is 341 g/mol. The van der Waals surface area contributed by atoms with Crippen LogP contribution in [0, 0.1) is 0 Å². The van der Waals surface area contributed by atoms with Gasteiger partial charge in [0.25, 0.3) is 0 Å². The molecular weight excluding hydrogens is 322 g/mol. The van der Waals surface area contributed by atoms with E-state index in [1.54, 1.807) is 18.2 Å². The van der Waals surface area contributed by atoms with Crippen molar-refractivity contribution in [2.75, 3.05) is 6.61 Å². The van der Waals surface area contributed by atoms with E-state index in [1.165, 1.54) is 10.8 Å². The smallest absolute Gasteiger partial charge is 0.338 e. The van der Waals surface area contributed by atoms with E-state index in [0.29, 0.717) is 18.7 Å². The fourth-order valence-corrected chi connectivity index (χ4v) is 3.31. The Morgan fingerprint density at radius 2 is 1.46 bits per heavy atom. The first-order chi connectivity index (χ1) is 12.8. The zero-order chi connectivity index (χ0) is 17.9. The largest absolute Gasteiger partial charge is 0.460 e. The molecule has 0 fully saturated rings. The lowest BCUT2D eigenvalue weighted by Crippen LogP contribution is -2.11. The van der Waals surface area contributed by atoms with E-state index >= 15 is 0 Å². The van der Waals surface area contributed by atoms with Crippen molar-refractivity contribution in [3.05, 3.63) is 90.5 Å². The zero-order valence-electron chi connectivity index (χ0n) is 14.4. The molecule has 0 saturated heterocycles.